The Labute approximate surface area is 120 Å². The molecule has 0 aliphatic heterocycles. The molecule has 0 heterocycles. The summed E-state index contributed by atoms with van der Waals surface area (Å²) in [7, 11) is 0. The average molecular weight is 447 g/mol. The minimum atomic E-state index is 0.000164. The topological polar surface area (TPSA) is 17.1 Å². The van der Waals surface area contributed by atoms with Gasteiger partial charge in [-0.1, -0.05) is 0 Å². The van der Waals surface area contributed by atoms with Crippen LogP contribution in [0.1, 0.15) is 27.0 Å². The Hall–Kier alpha value is -0.430. The fraction of sp³-hybridized carbons (Fsp3) is 0.0714. The SMILES string of the molecule is O=C1c2ccccc2Cc2c([I-]I)cccc21. The van der Waals surface area contributed by atoms with E-state index < -0.39 is 0 Å². The summed E-state index contributed by atoms with van der Waals surface area (Å²) in [6.45, 7) is 0. The molecule has 0 N–H and O–H groups in total. The zero-order valence-electron chi connectivity index (χ0n) is 8.91. The number of hydrogen-bond acceptors (Lipinski definition) is 1. The molecule has 0 bridgehead atoms. The molecular formula is C14H9I2O-. The summed E-state index contributed by atoms with van der Waals surface area (Å²) in [6, 6.07) is 14.1. The molecule has 0 fully saturated rings. The van der Waals surface area contributed by atoms with E-state index in [2.05, 4.69) is 30.7 Å². The zero-order chi connectivity index (χ0) is 11.8. The van der Waals surface area contributed by atoms with E-state index in [1.54, 1.807) is 0 Å². The Morgan fingerprint density at radius 3 is 2.59 bits per heavy atom. The van der Waals surface area contributed by atoms with Gasteiger partial charge in [0.05, 0.1) is 0 Å². The molecule has 0 saturated carbocycles. The van der Waals surface area contributed by atoms with Crippen LogP contribution < -0.4 is 17.2 Å². The van der Waals surface area contributed by atoms with Crippen molar-refractivity contribution in [3.63, 3.8) is 0 Å². The second-order valence-corrected chi connectivity index (χ2v) is 8.31. The number of ketones is 1. The van der Waals surface area contributed by atoms with Crippen molar-refractivity contribution in [2.24, 2.45) is 0 Å². The van der Waals surface area contributed by atoms with Crippen molar-refractivity contribution in [3.8, 4) is 0 Å². The van der Waals surface area contributed by atoms with Crippen molar-refractivity contribution >= 4 is 24.4 Å². The first kappa shape index (κ1) is 11.6. The third-order valence-corrected chi connectivity index (χ3v) is 7.47. The van der Waals surface area contributed by atoms with Gasteiger partial charge in [0.15, 0.2) is 0 Å². The molecule has 0 unspecified atom stereocenters. The van der Waals surface area contributed by atoms with Crippen molar-refractivity contribution in [1.29, 1.82) is 0 Å². The van der Waals surface area contributed by atoms with Gasteiger partial charge in [0.2, 0.25) is 0 Å². The van der Waals surface area contributed by atoms with E-state index in [-0.39, 0.29) is 23.0 Å². The van der Waals surface area contributed by atoms with Crippen molar-refractivity contribution in [3.05, 3.63) is 68.3 Å². The number of benzene rings is 2. The van der Waals surface area contributed by atoms with E-state index in [0.717, 1.165) is 17.5 Å². The van der Waals surface area contributed by atoms with Crippen LogP contribution in [0.15, 0.2) is 42.5 Å². The van der Waals surface area contributed by atoms with Crippen LogP contribution in [0.2, 0.25) is 0 Å². The van der Waals surface area contributed by atoms with Crippen LogP contribution in [0.3, 0.4) is 0 Å². The first-order valence-corrected chi connectivity index (χ1v) is 12.7. The summed E-state index contributed by atoms with van der Waals surface area (Å²) < 4.78 is 1.39. The van der Waals surface area contributed by atoms with Crippen LogP contribution in [0.25, 0.3) is 0 Å². The molecule has 1 nitrogen and oxygen atoms in total. The zero-order valence-corrected chi connectivity index (χ0v) is 13.2. The predicted octanol–water partition coefficient (Wildman–Crippen LogP) is 0.430. The molecule has 0 spiro atoms. The molecule has 3 heteroatoms. The molecule has 2 aromatic carbocycles. The van der Waals surface area contributed by atoms with Gasteiger partial charge in [-0.15, -0.1) is 0 Å². The van der Waals surface area contributed by atoms with Crippen LogP contribution in [-0.4, -0.2) is 5.78 Å². The van der Waals surface area contributed by atoms with E-state index in [0.29, 0.717) is 0 Å². The Balaban J connectivity index is 2.23. The first-order valence-electron chi connectivity index (χ1n) is 5.31. The van der Waals surface area contributed by atoms with Crippen LogP contribution in [0, 0.1) is 3.57 Å². The van der Waals surface area contributed by atoms with E-state index in [1.807, 2.05) is 30.3 Å². The predicted molar refractivity (Wildman–Crippen MR) is 71.8 cm³/mol. The molecule has 1 aliphatic rings. The number of rotatable bonds is 1. The Morgan fingerprint density at radius 2 is 1.76 bits per heavy atom. The maximum absolute atomic E-state index is 12.4. The third kappa shape index (κ3) is 1.93. The van der Waals surface area contributed by atoms with Crippen LogP contribution in [0.4, 0.5) is 0 Å². The summed E-state index contributed by atoms with van der Waals surface area (Å²) in [5.74, 6) is 0.192. The number of hydrogen-bond donors (Lipinski definition) is 0. The summed E-state index contributed by atoms with van der Waals surface area (Å²) in [4.78, 5) is 12.4. The van der Waals surface area contributed by atoms with E-state index in [1.165, 1.54) is 14.7 Å². The number of carbonyl (C=O) groups is 1. The molecule has 86 valence electrons. The van der Waals surface area contributed by atoms with Gasteiger partial charge in [-0.25, -0.2) is 0 Å². The first-order chi connectivity index (χ1) is 8.31. The van der Waals surface area contributed by atoms with E-state index in [9.17, 15) is 4.79 Å². The van der Waals surface area contributed by atoms with Crippen LogP contribution in [-0.2, 0) is 6.42 Å². The molecule has 3 rings (SSSR count). The molecule has 0 atom stereocenters. The molecule has 0 radical (unpaired) electrons. The van der Waals surface area contributed by atoms with Gasteiger partial charge in [0, 0.05) is 0 Å². The van der Waals surface area contributed by atoms with Crippen molar-refractivity contribution in [1.82, 2.24) is 0 Å². The Bertz CT molecular complexity index is 605. The van der Waals surface area contributed by atoms with E-state index >= 15 is 0 Å². The van der Waals surface area contributed by atoms with Gasteiger partial charge in [0.25, 0.3) is 0 Å². The Morgan fingerprint density at radius 1 is 1.00 bits per heavy atom. The molecular weight excluding hydrogens is 438 g/mol. The van der Waals surface area contributed by atoms with E-state index in [4.69, 9.17) is 0 Å². The van der Waals surface area contributed by atoms with Gasteiger partial charge in [-0.05, 0) is 0 Å². The van der Waals surface area contributed by atoms with Crippen molar-refractivity contribution in [2.75, 3.05) is 0 Å². The van der Waals surface area contributed by atoms with Gasteiger partial charge in [-0.3, -0.25) is 0 Å². The maximum atomic E-state index is 12.4. The molecule has 0 saturated heterocycles. The summed E-state index contributed by atoms with van der Waals surface area (Å²) in [5, 5.41) is 0. The summed E-state index contributed by atoms with van der Waals surface area (Å²) >= 11 is 2.46. The molecule has 0 aromatic heterocycles. The third-order valence-electron chi connectivity index (χ3n) is 3.07. The van der Waals surface area contributed by atoms with Gasteiger partial charge in [-0.2, -0.15) is 0 Å². The summed E-state index contributed by atoms with van der Waals surface area (Å²) in [5.41, 5.74) is 4.23. The monoisotopic (exact) mass is 447 g/mol. The van der Waals surface area contributed by atoms with Crippen molar-refractivity contribution < 1.29 is 22.0 Å². The normalized spacial score (nSPS) is 13.4. The standard InChI is InChI=1S/C14H9I2O/c15-16-13-7-3-6-11-12(13)8-9-4-1-2-5-10(9)14(11)17/h1-7H,8H2/q-1. The molecule has 17 heavy (non-hydrogen) atoms. The number of fused-ring (bicyclic) bond motifs is 2. The fourth-order valence-corrected chi connectivity index (χ4v) is 5.88. The number of halogens is 2. The fourth-order valence-electron chi connectivity index (χ4n) is 2.25. The molecule has 0 amide bonds. The Kier molecular flexibility index (Phi) is 3.21. The average Bonchev–Trinajstić information content (AvgIpc) is 2.38. The second kappa shape index (κ2) is 4.68. The summed E-state index contributed by atoms with van der Waals surface area (Å²) in [6.07, 6.45) is 0.913. The van der Waals surface area contributed by atoms with Crippen molar-refractivity contribution in [2.45, 2.75) is 6.42 Å². The molecule has 1 aliphatic carbocycles. The van der Waals surface area contributed by atoms with Gasteiger partial charge >= 0.3 is 121 Å². The second-order valence-electron chi connectivity index (χ2n) is 4.00. The van der Waals surface area contributed by atoms with Crippen LogP contribution in [0.5, 0.6) is 0 Å². The van der Waals surface area contributed by atoms with Gasteiger partial charge in [0.1, 0.15) is 0 Å². The molecule has 2 aromatic rings. The van der Waals surface area contributed by atoms with Gasteiger partial charge < -0.3 is 0 Å². The quantitative estimate of drug-likeness (QED) is 0.495. The number of carbonyl (C=O) groups excluding carboxylic acids is 1. The minimum absolute atomic E-state index is 0.000164. The van der Waals surface area contributed by atoms with Crippen LogP contribution >= 0.6 is 18.6 Å².